The maximum absolute atomic E-state index is 4.09. The number of aromatic amines is 1. The second-order valence-corrected chi connectivity index (χ2v) is 2.87. The van der Waals surface area contributed by atoms with Crippen LogP contribution in [0.2, 0.25) is 0 Å². The summed E-state index contributed by atoms with van der Waals surface area (Å²) in [6.45, 7) is 1.94. The van der Waals surface area contributed by atoms with Crippen molar-refractivity contribution >= 4 is 21.8 Å². The highest BCUT2D eigenvalue weighted by atomic mass is 32.1. The molecule has 0 amide bonds. The molecule has 0 aliphatic carbocycles. The average molecular weight is 140 g/mol. The zero-order valence-corrected chi connectivity index (χ0v) is 5.57. The Kier molecular flexibility index (Phi) is 0.814. The van der Waals surface area contributed by atoms with Gasteiger partial charge in [-0.05, 0) is 6.92 Å². The van der Waals surface area contributed by atoms with E-state index in [1.807, 2.05) is 6.92 Å². The van der Waals surface area contributed by atoms with Crippen LogP contribution in [0.5, 0.6) is 0 Å². The molecule has 2 rings (SSSR count). The molecule has 0 unspecified atom stereocenters. The van der Waals surface area contributed by atoms with E-state index in [4.69, 9.17) is 0 Å². The summed E-state index contributed by atoms with van der Waals surface area (Å²) in [5.74, 6) is 0. The van der Waals surface area contributed by atoms with Crippen molar-refractivity contribution in [3.8, 4) is 0 Å². The number of nitrogens with zero attached hydrogens (tertiary/aromatic N) is 3. The number of nitrogens with one attached hydrogen (secondary N) is 1. The molecule has 0 fully saturated rings. The largest absolute Gasteiger partial charge is 0.219 e. The fraction of sp³-hybridized carbons (Fsp3) is 0.250. The zero-order chi connectivity index (χ0) is 6.27. The molecule has 5 heteroatoms. The molecule has 9 heavy (non-hydrogen) atoms. The molecule has 0 aliphatic rings. The molecule has 0 atom stereocenters. The van der Waals surface area contributed by atoms with E-state index in [0.717, 1.165) is 15.5 Å². The molecule has 0 bridgehead atoms. The average Bonchev–Trinajstić information content (AvgIpc) is 2.22. The second-order valence-electron chi connectivity index (χ2n) is 1.69. The number of hydrogen-bond acceptors (Lipinski definition) is 4. The van der Waals surface area contributed by atoms with Crippen molar-refractivity contribution in [3.05, 3.63) is 5.01 Å². The number of H-pyrrole nitrogens is 1. The van der Waals surface area contributed by atoms with Gasteiger partial charge >= 0.3 is 0 Å². The van der Waals surface area contributed by atoms with Crippen molar-refractivity contribution in [2.24, 2.45) is 0 Å². The molecule has 0 radical (unpaired) electrons. The molecule has 2 heterocycles. The predicted molar refractivity (Wildman–Crippen MR) is 34.3 cm³/mol. The van der Waals surface area contributed by atoms with Crippen molar-refractivity contribution in [3.63, 3.8) is 0 Å². The van der Waals surface area contributed by atoms with Gasteiger partial charge in [0.15, 0.2) is 4.83 Å². The van der Waals surface area contributed by atoms with Crippen LogP contribution in [-0.4, -0.2) is 20.4 Å². The molecule has 1 N–H and O–H groups in total. The van der Waals surface area contributed by atoms with Gasteiger partial charge in [-0.2, -0.15) is 5.21 Å². The Morgan fingerprint density at radius 3 is 3.11 bits per heavy atom. The van der Waals surface area contributed by atoms with Crippen molar-refractivity contribution in [1.82, 2.24) is 20.4 Å². The van der Waals surface area contributed by atoms with E-state index in [-0.39, 0.29) is 0 Å². The highest BCUT2D eigenvalue weighted by Crippen LogP contribution is 2.14. The summed E-state index contributed by atoms with van der Waals surface area (Å²) in [7, 11) is 0. The van der Waals surface area contributed by atoms with Crippen LogP contribution in [-0.2, 0) is 0 Å². The standard InChI is InChI=1S/C4H4N4S/c1-2-5-3-4(9-2)7-8-6-3/h1H3,(H,6,7,8). The molecule has 0 aromatic carbocycles. The summed E-state index contributed by atoms with van der Waals surface area (Å²) in [4.78, 5) is 4.97. The molecule has 0 saturated heterocycles. The summed E-state index contributed by atoms with van der Waals surface area (Å²) < 4.78 is 0. The van der Waals surface area contributed by atoms with Gasteiger partial charge < -0.3 is 0 Å². The second kappa shape index (κ2) is 1.51. The third-order valence-corrected chi connectivity index (χ3v) is 1.86. The first-order chi connectivity index (χ1) is 4.36. The van der Waals surface area contributed by atoms with Crippen LogP contribution in [0.15, 0.2) is 0 Å². The first-order valence-electron chi connectivity index (χ1n) is 2.50. The molecule has 2 aromatic rings. The van der Waals surface area contributed by atoms with E-state index in [1.165, 1.54) is 0 Å². The van der Waals surface area contributed by atoms with Crippen molar-refractivity contribution in [2.75, 3.05) is 0 Å². The van der Waals surface area contributed by atoms with Gasteiger partial charge in [-0.1, -0.05) is 11.3 Å². The van der Waals surface area contributed by atoms with Gasteiger partial charge in [-0.15, -0.1) is 10.2 Å². The van der Waals surface area contributed by atoms with Crippen LogP contribution in [0.4, 0.5) is 0 Å². The SMILES string of the molecule is Cc1nc2n[nH]nc2s1. The lowest BCUT2D eigenvalue weighted by Gasteiger charge is -1.69. The van der Waals surface area contributed by atoms with Crippen LogP contribution in [0.3, 0.4) is 0 Å². The monoisotopic (exact) mass is 140 g/mol. The first kappa shape index (κ1) is 4.87. The number of hydrogen-bond donors (Lipinski definition) is 1. The fourth-order valence-corrected chi connectivity index (χ4v) is 1.35. The molecular formula is C4H4N4S. The minimum absolute atomic E-state index is 0.720. The Bertz CT molecular complexity index is 293. The Morgan fingerprint density at radius 1 is 1.44 bits per heavy atom. The molecule has 0 saturated carbocycles. The summed E-state index contributed by atoms with van der Waals surface area (Å²) in [6.07, 6.45) is 0. The third kappa shape index (κ3) is 0.613. The Balaban J connectivity index is 2.92. The van der Waals surface area contributed by atoms with Crippen LogP contribution >= 0.6 is 11.3 Å². The lowest BCUT2D eigenvalue weighted by atomic mass is 10.8. The lowest BCUT2D eigenvalue weighted by Crippen LogP contribution is -1.70. The van der Waals surface area contributed by atoms with Gasteiger partial charge in [-0.3, -0.25) is 0 Å². The highest BCUT2D eigenvalue weighted by Gasteiger charge is 2.01. The van der Waals surface area contributed by atoms with E-state index in [0.29, 0.717) is 0 Å². The fourth-order valence-electron chi connectivity index (χ4n) is 0.669. The lowest BCUT2D eigenvalue weighted by molar-refractivity contribution is 0.953. The van der Waals surface area contributed by atoms with Gasteiger partial charge in [0.25, 0.3) is 0 Å². The first-order valence-corrected chi connectivity index (χ1v) is 3.32. The van der Waals surface area contributed by atoms with E-state index in [2.05, 4.69) is 20.4 Å². The van der Waals surface area contributed by atoms with Crippen LogP contribution in [0, 0.1) is 6.92 Å². The Labute approximate surface area is 54.9 Å². The quantitative estimate of drug-likeness (QED) is 0.586. The summed E-state index contributed by atoms with van der Waals surface area (Å²) in [6, 6.07) is 0. The van der Waals surface area contributed by atoms with E-state index >= 15 is 0 Å². The van der Waals surface area contributed by atoms with Crippen LogP contribution in [0.25, 0.3) is 10.5 Å². The van der Waals surface area contributed by atoms with E-state index < -0.39 is 0 Å². The summed E-state index contributed by atoms with van der Waals surface area (Å²) in [5, 5.41) is 11.2. The molecule has 2 aromatic heterocycles. The van der Waals surface area contributed by atoms with E-state index in [1.54, 1.807) is 11.3 Å². The maximum atomic E-state index is 4.09. The minimum Gasteiger partial charge on any atom is -0.219 e. The van der Waals surface area contributed by atoms with Gasteiger partial charge in [0.05, 0.1) is 5.01 Å². The molecule has 4 nitrogen and oxygen atoms in total. The number of aryl methyl sites for hydroxylation is 1. The predicted octanol–water partition coefficient (Wildman–Crippen LogP) is 0.723. The number of aromatic nitrogens is 4. The van der Waals surface area contributed by atoms with Gasteiger partial charge in [0.2, 0.25) is 5.65 Å². The van der Waals surface area contributed by atoms with Gasteiger partial charge in [-0.25, -0.2) is 4.98 Å². The third-order valence-electron chi connectivity index (χ3n) is 1.01. The minimum atomic E-state index is 0.720. The molecule has 0 aliphatic heterocycles. The maximum Gasteiger partial charge on any atom is 0.213 e. The van der Waals surface area contributed by atoms with E-state index in [9.17, 15) is 0 Å². The molecule has 0 spiro atoms. The topological polar surface area (TPSA) is 54.5 Å². The van der Waals surface area contributed by atoms with Crippen molar-refractivity contribution in [2.45, 2.75) is 6.92 Å². The molecule has 46 valence electrons. The number of fused-ring (bicyclic) bond motifs is 1. The van der Waals surface area contributed by atoms with Crippen LogP contribution < -0.4 is 0 Å². The summed E-state index contributed by atoms with van der Waals surface area (Å²) in [5.41, 5.74) is 0.720. The van der Waals surface area contributed by atoms with Crippen molar-refractivity contribution < 1.29 is 0 Å². The van der Waals surface area contributed by atoms with Gasteiger partial charge in [0, 0.05) is 0 Å². The smallest absolute Gasteiger partial charge is 0.213 e. The van der Waals surface area contributed by atoms with Crippen LogP contribution in [0.1, 0.15) is 5.01 Å². The molecular weight excluding hydrogens is 136 g/mol. The Morgan fingerprint density at radius 2 is 2.33 bits per heavy atom. The zero-order valence-electron chi connectivity index (χ0n) is 4.75. The summed E-state index contributed by atoms with van der Waals surface area (Å²) >= 11 is 1.54. The number of thiazole rings is 1. The highest BCUT2D eigenvalue weighted by molar-refractivity contribution is 7.18. The van der Waals surface area contributed by atoms with Crippen molar-refractivity contribution in [1.29, 1.82) is 0 Å². The number of rotatable bonds is 0. The van der Waals surface area contributed by atoms with Gasteiger partial charge in [0.1, 0.15) is 0 Å². The Hall–Kier alpha value is -0.970. The normalized spacial score (nSPS) is 10.8.